The van der Waals surface area contributed by atoms with Crippen LogP contribution in [0.1, 0.15) is 95.5 Å². The molecule has 0 spiro atoms. The number of pyridine rings is 1. The van der Waals surface area contributed by atoms with Crippen molar-refractivity contribution < 1.29 is 37.1 Å². The zero-order chi connectivity index (χ0) is 36.6. The van der Waals surface area contributed by atoms with Gasteiger partial charge < -0.3 is 14.4 Å². The molecule has 3 saturated carbocycles. The van der Waals surface area contributed by atoms with Crippen molar-refractivity contribution in [2.45, 2.75) is 114 Å². The summed E-state index contributed by atoms with van der Waals surface area (Å²) in [6, 6.07) is 5.29. The number of fused-ring (bicyclic) bond motifs is 3. The molecule has 0 radical (unpaired) electrons. The first kappa shape index (κ1) is 37.3. The number of hydrogen-bond donors (Lipinski definition) is 1. The Labute approximate surface area is 319 Å². The molecule has 5 aliphatic rings. The number of cyclic esters (lactones) is 1. The number of nitrogens with one attached hydrogen (secondary N) is 1. The SMILES string of the molecule is C=C[C@H]1C[C@]1(CC(=O)[C@@H]1C[C@@H]2CN1C(=O)[C@H](C1CCCCC1)CC(=O)OCCCCCc1cc(I)c3ccnc(c3c1)O2)C(=O)NS(=O)(=O)C1CC1. The Balaban J connectivity index is 1.22. The maximum Gasteiger partial charge on any atom is 0.306 e. The summed E-state index contributed by atoms with van der Waals surface area (Å²) in [4.78, 5) is 62.3. The van der Waals surface area contributed by atoms with Crippen LogP contribution in [-0.4, -0.2) is 72.4 Å². The molecule has 3 aliphatic carbocycles. The number of aromatic nitrogens is 1. The summed E-state index contributed by atoms with van der Waals surface area (Å²) in [6.45, 7) is 4.25. The molecule has 1 saturated heterocycles. The second-order valence-electron chi connectivity index (χ2n) is 15.5. The maximum absolute atomic E-state index is 14.8. The van der Waals surface area contributed by atoms with Gasteiger partial charge in [0.05, 0.1) is 42.2 Å². The number of benzene rings is 1. The Bertz CT molecular complexity index is 1860. The normalized spacial score (nSPS) is 29.1. The van der Waals surface area contributed by atoms with Crippen LogP contribution < -0.4 is 9.46 Å². The smallest absolute Gasteiger partial charge is 0.306 e. The number of Topliss-reactive ketones (excluding diaryl/α,β-unsaturated/α-hetero) is 1. The summed E-state index contributed by atoms with van der Waals surface area (Å²) in [5.74, 6) is -2.30. The number of aryl methyl sites for hydroxylation is 1. The van der Waals surface area contributed by atoms with Crippen LogP contribution in [-0.2, 0) is 40.4 Å². The van der Waals surface area contributed by atoms with E-state index in [4.69, 9.17) is 9.47 Å². The first-order chi connectivity index (χ1) is 25.0. The summed E-state index contributed by atoms with van der Waals surface area (Å²) < 4.78 is 41.1. The van der Waals surface area contributed by atoms with Crippen LogP contribution in [0.15, 0.2) is 37.1 Å². The van der Waals surface area contributed by atoms with Crippen molar-refractivity contribution in [2.24, 2.45) is 23.2 Å². The van der Waals surface area contributed by atoms with Crippen molar-refractivity contribution in [3.8, 4) is 5.88 Å². The number of esters is 1. The Hall–Kier alpha value is -3.07. The minimum absolute atomic E-state index is 0.0197. The van der Waals surface area contributed by atoms with Crippen LogP contribution in [0.2, 0.25) is 0 Å². The highest BCUT2D eigenvalue weighted by molar-refractivity contribution is 14.1. The number of ether oxygens (including phenoxy) is 2. The lowest BCUT2D eigenvalue weighted by Crippen LogP contribution is -2.48. The fraction of sp³-hybridized carbons (Fsp3) is 0.615. The third kappa shape index (κ3) is 7.90. The molecule has 1 aromatic carbocycles. The van der Waals surface area contributed by atoms with E-state index in [1.165, 1.54) is 0 Å². The van der Waals surface area contributed by atoms with E-state index in [-0.39, 0.29) is 49.3 Å². The van der Waals surface area contributed by atoms with Crippen LogP contribution in [0.5, 0.6) is 5.88 Å². The molecular formula is C39H48IN3O8S. The number of rotatable bonds is 8. The predicted molar refractivity (Wildman–Crippen MR) is 203 cm³/mol. The molecule has 1 aromatic heterocycles. The number of sulfonamides is 1. The zero-order valence-corrected chi connectivity index (χ0v) is 32.5. The Morgan fingerprint density at radius 3 is 2.56 bits per heavy atom. The van der Waals surface area contributed by atoms with Gasteiger partial charge in [-0.25, -0.2) is 13.4 Å². The van der Waals surface area contributed by atoms with Gasteiger partial charge in [-0.1, -0.05) is 25.3 Å². The molecule has 0 unspecified atom stereocenters. The highest BCUT2D eigenvalue weighted by Gasteiger charge is 2.61. The third-order valence-electron chi connectivity index (χ3n) is 11.9. The van der Waals surface area contributed by atoms with E-state index in [1.807, 2.05) is 6.07 Å². The lowest BCUT2D eigenvalue weighted by Gasteiger charge is -2.34. The summed E-state index contributed by atoms with van der Waals surface area (Å²) in [5.41, 5.74) is -0.106. The Morgan fingerprint density at radius 2 is 1.83 bits per heavy atom. The fourth-order valence-corrected chi connectivity index (χ4v) is 10.9. The lowest BCUT2D eigenvalue weighted by molar-refractivity contribution is -0.152. The largest absolute Gasteiger partial charge is 0.472 e. The summed E-state index contributed by atoms with van der Waals surface area (Å²) in [7, 11) is -3.83. The van der Waals surface area contributed by atoms with Crippen molar-refractivity contribution in [3.05, 3.63) is 46.2 Å². The van der Waals surface area contributed by atoms with Crippen molar-refractivity contribution in [2.75, 3.05) is 13.2 Å². The average molecular weight is 846 g/mol. The molecule has 3 heterocycles. The molecular weight excluding hydrogens is 797 g/mol. The molecule has 11 nitrogen and oxygen atoms in total. The van der Waals surface area contributed by atoms with Crippen molar-refractivity contribution in [1.29, 1.82) is 0 Å². The molecule has 1 N–H and O–H groups in total. The number of carbonyl (C=O) groups is 4. The fourth-order valence-electron chi connectivity index (χ4n) is 8.64. The predicted octanol–water partition coefficient (Wildman–Crippen LogP) is 5.80. The second kappa shape index (κ2) is 15.3. The topological polar surface area (TPSA) is 149 Å². The summed E-state index contributed by atoms with van der Waals surface area (Å²) in [5, 5.41) is 1.28. The van der Waals surface area contributed by atoms with Gasteiger partial charge in [0.2, 0.25) is 27.7 Å². The van der Waals surface area contributed by atoms with Crippen molar-refractivity contribution in [1.82, 2.24) is 14.6 Å². The van der Waals surface area contributed by atoms with Gasteiger partial charge in [-0.15, -0.1) is 6.58 Å². The summed E-state index contributed by atoms with van der Waals surface area (Å²) in [6.07, 6.45) is 12.0. The minimum atomic E-state index is -3.83. The number of nitrogens with zero attached hydrogens (tertiary/aromatic N) is 2. The van der Waals surface area contributed by atoms with Gasteiger partial charge in [0.15, 0.2) is 5.78 Å². The highest BCUT2D eigenvalue weighted by atomic mass is 127. The van der Waals surface area contributed by atoms with Gasteiger partial charge in [0, 0.05) is 33.4 Å². The van der Waals surface area contributed by atoms with Crippen molar-refractivity contribution >= 4 is 67.0 Å². The van der Waals surface area contributed by atoms with Crippen LogP contribution in [0, 0.1) is 26.7 Å². The van der Waals surface area contributed by atoms with Gasteiger partial charge in [0.25, 0.3) is 0 Å². The van der Waals surface area contributed by atoms with E-state index in [2.05, 4.69) is 51.0 Å². The van der Waals surface area contributed by atoms with Gasteiger partial charge in [0.1, 0.15) is 6.10 Å². The molecule has 7 rings (SSSR count). The van der Waals surface area contributed by atoms with Crippen LogP contribution in [0.25, 0.3) is 10.8 Å². The van der Waals surface area contributed by atoms with Crippen LogP contribution in [0.3, 0.4) is 0 Å². The second-order valence-corrected chi connectivity index (χ2v) is 18.7. The standard InChI is InChI=1S/C39H48IN3O8S/c1-2-26-21-39(26,38(47)42-52(48,49)28-12-13-28)22-34(44)33-19-27-23-43(33)37(46)30(25-10-6-3-7-11-25)20-35(45)50-16-8-4-5-9-24-17-31-29(32(40)18-24)14-15-41-36(31)51-27/h2,14-15,17-18,25-28,30,33H,1,3-13,16,19-23H2,(H,42,47)/t26-,27+,30-,33-,39+/m0/s1. The van der Waals surface area contributed by atoms with E-state index >= 15 is 0 Å². The molecule has 5 atom stereocenters. The van der Waals surface area contributed by atoms with E-state index < -0.39 is 50.6 Å². The number of carbonyl (C=O) groups excluding carboxylic acids is 4. The molecule has 2 aliphatic heterocycles. The molecule has 4 fully saturated rings. The average Bonchev–Trinajstić information content (AvgIpc) is 4.05. The Kier molecular flexibility index (Phi) is 11.0. The third-order valence-corrected chi connectivity index (χ3v) is 14.6. The monoisotopic (exact) mass is 845 g/mol. The van der Waals surface area contributed by atoms with Gasteiger partial charge in [-0.2, -0.15) is 0 Å². The number of ketones is 1. The van der Waals surface area contributed by atoms with Crippen LogP contribution in [0.4, 0.5) is 0 Å². The first-order valence-corrected chi connectivity index (χ1v) is 21.5. The molecule has 280 valence electrons. The van der Waals surface area contributed by atoms with Crippen LogP contribution >= 0.6 is 22.6 Å². The molecule has 2 amide bonds. The first-order valence-electron chi connectivity index (χ1n) is 18.9. The molecule has 4 bridgehead atoms. The Morgan fingerprint density at radius 1 is 1.06 bits per heavy atom. The van der Waals surface area contributed by atoms with E-state index in [0.717, 1.165) is 77.7 Å². The van der Waals surface area contributed by atoms with E-state index in [9.17, 15) is 27.6 Å². The molecule has 52 heavy (non-hydrogen) atoms. The van der Waals surface area contributed by atoms with Gasteiger partial charge in [-0.3, -0.25) is 23.9 Å². The number of amides is 2. The zero-order valence-electron chi connectivity index (χ0n) is 29.5. The maximum atomic E-state index is 14.8. The molecule has 2 aromatic rings. The quantitative estimate of drug-likeness (QED) is 0.198. The van der Waals surface area contributed by atoms with Gasteiger partial charge in [-0.05, 0) is 116 Å². The lowest BCUT2D eigenvalue weighted by atomic mass is 9.77. The van der Waals surface area contributed by atoms with E-state index in [0.29, 0.717) is 31.7 Å². The number of allylic oxidation sites excluding steroid dienone is 1. The van der Waals surface area contributed by atoms with Crippen molar-refractivity contribution in [3.63, 3.8) is 0 Å². The molecule has 13 heteroatoms. The minimum Gasteiger partial charge on any atom is -0.472 e. The summed E-state index contributed by atoms with van der Waals surface area (Å²) >= 11 is 2.33. The van der Waals surface area contributed by atoms with E-state index in [1.54, 1.807) is 17.2 Å². The number of hydrogen-bond acceptors (Lipinski definition) is 9. The van der Waals surface area contributed by atoms with Gasteiger partial charge >= 0.3 is 5.97 Å². The number of halogens is 1. The highest BCUT2D eigenvalue weighted by Crippen LogP contribution is 2.57.